The van der Waals surface area contributed by atoms with Crippen LogP contribution in [0.1, 0.15) is 31.4 Å². The predicted molar refractivity (Wildman–Crippen MR) is 74.7 cm³/mol. The second-order valence-corrected chi connectivity index (χ2v) is 5.04. The Bertz CT molecular complexity index is 443. The van der Waals surface area contributed by atoms with Crippen LogP contribution in [0.15, 0.2) is 42.5 Å². The van der Waals surface area contributed by atoms with E-state index in [1.54, 1.807) is 0 Å². The number of nitrogens with one attached hydrogen (secondary N) is 1. The molecule has 1 aliphatic heterocycles. The van der Waals surface area contributed by atoms with Crippen LogP contribution in [0.4, 0.5) is 0 Å². The Balaban J connectivity index is 2.33. The average molecular weight is 227 g/mol. The molecular formula is C16H21N. The number of benzene rings is 1. The highest BCUT2D eigenvalue weighted by Gasteiger charge is 2.11. The molecule has 0 saturated carbocycles. The topological polar surface area (TPSA) is 12.0 Å². The van der Waals surface area contributed by atoms with Crippen molar-refractivity contribution in [3.8, 4) is 0 Å². The Morgan fingerprint density at radius 3 is 2.71 bits per heavy atom. The fourth-order valence-corrected chi connectivity index (χ4v) is 2.39. The maximum Gasteiger partial charge on any atom is 0.0418 e. The lowest BCUT2D eigenvalue weighted by molar-refractivity contribution is 0.517. The minimum atomic E-state index is 0.515. The van der Waals surface area contributed by atoms with Gasteiger partial charge in [0.25, 0.3) is 0 Å². The number of hydrogen-bond acceptors (Lipinski definition) is 1. The van der Waals surface area contributed by atoms with E-state index in [-0.39, 0.29) is 0 Å². The first-order valence-corrected chi connectivity index (χ1v) is 6.38. The van der Waals surface area contributed by atoms with Crippen molar-refractivity contribution < 1.29 is 0 Å². The Kier molecular flexibility index (Phi) is 3.68. The van der Waals surface area contributed by atoms with Crippen LogP contribution in [-0.2, 0) is 0 Å². The standard InChI is InChI=1S/C16H21N/c1-12-7-6-10-16(17-14(3)11-12)15-9-5-4-8-13(15)2/h4-10,12,14,17H,11H2,1-3H3/b7-6-,16-10-/t12?,14-/m0/s1. The first-order chi connectivity index (χ1) is 8.16. The van der Waals surface area contributed by atoms with Gasteiger partial charge in [0.2, 0.25) is 0 Å². The molecule has 0 saturated heterocycles. The molecule has 2 rings (SSSR count). The fourth-order valence-electron chi connectivity index (χ4n) is 2.39. The third kappa shape index (κ3) is 3.00. The molecule has 1 aliphatic rings. The van der Waals surface area contributed by atoms with Crippen molar-refractivity contribution >= 4 is 5.70 Å². The Hall–Kier alpha value is -1.50. The largest absolute Gasteiger partial charge is 0.382 e. The third-order valence-electron chi connectivity index (χ3n) is 3.27. The molecule has 0 amide bonds. The molecule has 0 bridgehead atoms. The predicted octanol–water partition coefficient (Wildman–Crippen LogP) is 3.91. The minimum Gasteiger partial charge on any atom is -0.382 e. The Morgan fingerprint density at radius 1 is 1.18 bits per heavy atom. The fraction of sp³-hybridized carbons (Fsp3) is 0.375. The van der Waals surface area contributed by atoms with Crippen molar-refractivity contribution in [3.05, 3.63) is 53.6 Å². The molecule has 0 aliphatic carbocycles. The second kappa shape index (κ2) is 5.22. The van der Waals surface area contributed by atoms with Gasteiger partial charge in [-0.2, -0.15) is 0 Å². The summed E-state index contributed by atoms with van der Waals surface area (Å²) in [6.45, 7) is 6.68. The molecule has 0 radical (unpaired) electrons. The quantitative estimate of drug-likeness (QED) is 0.767. The van der Waals surface area contributed by atoms with Crippen LogP contribution in [0, 0.1) is 12.8 Å². The number of hydrogen-bond donors (Lipinski definition) is 1. The van der Waals surface area contributed by atoms with Crippen LogP contribution in [0.2, 0.25) is 0 Å². The van der Waals surface area contributed by atoms with Crippen LogP contribution in [0.3, 0.4) is 0 Å². The molecule has 0 fully saturated rings. The lowest BCUT2D eigenvalue weighted by atomic mass is 9.98. The van der Waals surface area contributed by atoms with E-state index >= 15 is 0 Å². The van der Waals surface area contributed by atoms with Crippen LogP contribution in [0.25, 0.3) is 5.70 Å². The zero-order chi connectivity index (χ0) is 12.3. The van der Waals surface area contributed by atoms with Crippen LogP contribution in [0.5, 0.6) is 0 Å². The zero-order valence-corrected chi connectivity index (χ0v) is 10.9. The molecule has 1 aromatic rings. The number of allylic oxidation sites excluding steroid dienone is 3. The molecular weight excluding hydrogens is 206 g/mol. The maximum absolute atomic E-state index is 3.62. The van der Waals surface area contributed by atoms with Gasteiger partial charge in [0.05, 0.1) is 0 Å². The molecule has 17 heavy (non-hydrogen) atoms. The summed E-state index contributed by atoms with van der Waals surface area (Å²) in [7, 11) is 0. The molecule has 1 unspecified atom stereocenters. The van der Waals surface area contributed by atoms with Gasteiger partial charge < -0.3 is 5.32 Å². The summed E-state index contributed by atoms with van der Waals surface area (Å²) in [4.78, 5) is 0. The highest BCUT2D eigenvalue weighted by Crippen LogP contribution is 2.20. The smallest absolute Gasteiger partial charge is 0.0418 e. The van der Waals surface area contributed by atoms with Crippen LogP contribution in [-0.4, -0.2) is 6.04 Å². The second-order valence-electron chi connectivity index (χ2n) is 5.04. The van der Waals surface area contributed by atoms with Gasteiger partial charge in [0, 0.05) is 17.3 Å². The number of rotatable bonds is 1. The zero-order valence-electron chi connectivity index (χ0n) is 10.9. The molecule has 0 spiro atoms. The van der Waals surface area contributed by atoms with E-state index < -0.39 is 0 Å². The lowest BCUT2D eigenvalue weighted by Gasteiger charge is -2.22. The summed E-state index contributed by atoms with van der Waals surface area (Å²) in [6, 6.07) is 9.04. The van der Waals surface area contributed by atoms with Gasteiger partial charge in [-0.3, -0.25) is 0 Å². The van der Waals surface area contributed by atoms with Gasteiger partial charge in [-0.15, -0.1) is 0 Å². The Morgan fingerprint density at radius 2 is 1.94 bits per heavy atom. The van der Waals surface area contributed by atoms with Crippen molar-refractivity contribution in [1.82, 2.24) is 5.32 Å². The monoisotopic (exact) mass is 227 g/mol. The third-order valence-corrected chi connectivity index (χ3v) is 3.27. The van der Waals surface area contributed by atoms with E-state index in [0.717, 1.165) is 0 Å². The average Bonchev–Trinajstić information content (AvgIpc) is 2.26. The van der Waals surface area contributed by atoms with Gasteiger partial charge in [-0.05, 0) is 37.8 Å². The van der Waals surface area contributed by atoms with E-state index in [1.165, 1.54) is 23.2 Å². The number of aryl methyl sites for hydroxylation is 1. The highest BCUT2D eigenvalue weighted by molar-refractivity contribution is 5.68. The summed E-state index contributed by atoms with van der Waals surface area (Å²) in [5, 5.41) is 3.62. The first kappa shape index (κ1) is 12.0. The van der Waals surface area contributed by atoms with Crippen molar-refractivity contribution in [1.29, 1.82) is 0 Å². The summed E-state index contributed by atoms with van der Waals surface area (Å²) >= 11 is 0. The molecule has 1 aromatic carbocycles. The molecule has 90 valence electrons. The molecule has 2 atom stereocenters. The summed E-state index contributed by atoms with van der Waals surface area (Å²) in [5.74, 6) is 0.646. The maximum atomic E-state index is 3.62. The van der Waals surface area contributed by atoms with Gasteiger partial charge in [-0.1, -0.05) is 43.3 Å². The van der Waals surface area contributed by atoms with Gasteiger partial charge in [0.15, 0.2) is 0 Å². The molecule has 1 nitrogen and oxygen atoms in total. The summed E-state index contributed by atoms with van der Waals surface area (Å²) in [6.07, 6.45) is 7.83. The SMILES string of the molecule is Cc1ccccc1/C1=C/C=C\C(C)C[C@H](C)N1. The summed E-state index contributed by atoms with van der Waals surface area (Å²) in [5.41, 5.74) is 3.86. The normalized spacial score (nSPS) is 29.5. The molecule has 0 aromatic heterocycles. The minimum absolute atomic E-state index is 0.515. The van der Waals surface area contributed by atoms with Crippen LogP contribution >= 0.6 is 0 Å². The van der Waals surface area contributed by atoms with Gasteiger partial charge in [0.1, 0.15) is 0 Å². The molecule has 1 heteroatoms. The molecule has 1 heterocycles. The van der Waals surface area contributed by atoms with E-state index in [4.69, 9.17) is 0 Å². The van der Waals surface area contributed by atoms with E-state index in [9.17, 15) is 0 Å². The van der Waals surface area contributed by atoms with Crippen molar-refractivity contribution in [2.24, 2.45) is 5.92 Å². The highest BCUT2D eigenvalue weighted by atomic mass is 14.9. The van der Waals surface area contributed by atoms with E-state index in [2.05, 4.69) is 68.6 Å². The lowest BCUT2D eigenvalue weighted by Crippen LogP contribution is -2.27. The van der Waals surface area contributed by atoms with Crippen LogP contribution < -0.4 is 5.32 Å². The van der Waals surface area contributed by atoms with Gasteiger partial charge in [-0.25, -0.2) is 0 Å². The Labute approximate surface area is 104 Å². The van der Waals surface area contributed by atoms with E-state index in [1.807, 2.05) is 0 Å². The van der Waals surface area contributed by atoms with Crippen molar-refractivity contribution in [3.63, 3.8) is 0 Å². The molecule has 1 N–H and O–H groups in total. The van der Waals surface area contributed by atoms with E-state index in [0.29, 0.717) is 12.0 Å². The first-order valence-electron chi connectivity index (χ1n) is 6.38. The summed E-state index contributed by atoms with van der Waals surface area (Å²) < 4.78 is 0. The van der Waals surface area contributed by atoms with Crippen molar-refractivity contribution in [2.45, 2.75) is 33.2 Å². The van der Waals surface area contributed by atoms with Gasteiger partial charge >= 0.3 is 0 Å². The van der Waals surface area contributed by atoms with Crippen molar-refractivity contribution in [2.75, 3.05) is 0 Å².